The van der Waals surface area contributed by atoms with Crippen LogP contribution in [0.1, 0.15) is 29.6 Å². The van der Waals surface area contributed by atoms with Crippen molar-refractivity contribution in [3.05, 3.63) is 66.4 Å². The van der Waals surface area contributed by atoms with E-state index in [9.17, 15) is 18.3 Å². The third-order valence-electron chi connectivity index (χ3n) is 6.02. The molecule has 1 aromatic heterocycles. The van der Waals surface area contributed by atoms with Crippen LogP contribution >= 0.6 is 0 Å². The van der Waals surface area contributed by atoms with Gasteiger partial charge in [-0.2, -0.15) is 0 Å². The number of aromatic nitrogens is 1. The third-order valence-corrected chi connectivity index (χ3v) is 7.44. The molecule has 2 N–H and O–H groups in total. The molecule has 2 aromatic carbocycles. The maximum atomic E-state index is 13.0. The largest absolute Gasteiger partial charge is 0.390 e. The van der Waals surface area contributed by atoms with Gasteiger partial charge in [0.1, 0.15) is 4.90 Å². The molecule has 9 heteroatoms. The number of hydrogen-bond acceptors (Lipinski definition) is 6. The predicted molar refractivity (Wildman–Crippen MR) is 126 cm³/mol. The van der Waals surface area contributed by atoms with Gasteiger partial charge >= 0.3 is 0 Å². The van der Waals surface area contributed by atoms with Crippen molar-refractivity contribution in [2.45, 2.75) is 29.8 Å². The lowest BCUT2D eigenvalue weighted by molar-refractivity contribution is -0.0365. The number of methoxy groups -OCH3 is 1. The maximum Gasteiger partial charge on any atom is 0.264 e. The Morgan fingerprint density at radius 3 is 2.52 bits per heavy atom. The van der Waals surface area contributed by atoms with E-state index in [2.05, 4.69) is 9.71 Å². The van der Waals surface area contributed by atoms with Crippen LogP contribution in [0.5, 0.6) is 0 Å². The van der Waals surface area contributed by atoms with Crippen molar-refractivity contribution in [1.29, 1.82) is 0 Å². The van der Waals surface area contributed by atoms with Crippen LogP contribution in [-0.4, -0.2) is 61.7 Å². The van der Waals surface area contributed by atoms with Crippen LogP contribution in [-0.2, 0) is 14.8 Å². The first-order valence-electron chi connectivity index (χ1n) is 10.8. The number of benzene rings is 2. The predicted octanol–water partition coefficient (Wildman–Crippen LogP) is 3.04. The molecule has 0 aliphatic carbocycles. The van der Waals surface area contributed by atoms with Crippen LogP contribution in [0.2, 0.25) is 0 Å². The normalized spacial score (nSPS) is 16.0. The maximum absolute atomic E-state index is 13.0. The van der Waals surface area contributed by atoms with Gasteiger partial charge in [-0.25, -0.2) is 8.42 Å². The number of amides is 1. The molecule has 4 rings (SSSR count). The Morgan fingerprint density at radius 2 is 1.82 bits per heavy atom. The average Bonchev–Trinajstić information content (AvgIpc) is 2.83. The van der Waals surface area contributed by atoms with Crippen molar-refractivity contribution in [3.63, 3.8) is 0 Å². The van der Waals surface area contributed by atoms with Crippen LogP contribution in [0.25, 0.3) is 10.9 Å². The second-order valence-corrected chi connectivity index (χ2v) is 9.92. The van der Waals surface area contributed by atoms with Gasteiger partial charge in [0.15, 0.2) is 0 Å². The number of fused-ring (bicyclic) bond motifs is 1. The summed E-state index contributed by atoms with van der Waals surface area (Å²) in [5.41, 5.74) is 0.416. The Balaban J connectivity index is 1.44. The Morgan fingerprint density at radius 1 is 1.12 bits per heavy atom. The Kier molecular flexibility index (Phi) is 6.64. The van der Waals surface area contributed by atoms with Gasteiger partial charge in [-0.3, -0.25) is 14.5 Å². The van der Waals surface area contributed by atoms with Gasteiger partial charge < -0.3 is 14.7 Å². The molecule has 3 aromatic rings. The van der Waals surface area contributed by atoms with Crippen LogP contribution < -0.4 is 4.72 Å². The fourth-order valence-electron chi connectivity index (χ4n) is 4.03. The number of piperidine rings is 1. The molecule has 0 bridgehead atoms. The number of hydrogen-bond donors (Lipinski definition) is 2. The van der Waals surface area contributed by atoms with Gasteiger partial charge in [-0.1, -0.05) is 18.2 Å². The molecule has 33 heavy (non-hydrogen) atoms. The highest BCUT2D eigenvalue weighted by Crippen LogP contribution is 2.27. The lowest BCUT2D eigenvalue weighted by atomic mass is 9.88. The fourth-order valence-corrected chi connectivity index (χ4v) is 5.27. The lowest BCUT2D eigenvalue weighted by Crippen LogP contribution is -2.47. The van der Waals surface area contributed by atoms with Gasteiger partial charge in [0.2, 0.25) is 0 Å². The number of sulfonamides is 1. The third kappa shape index (κ3) is 5.16. The molecule has 1 saturated heterocycles. The number of rotatable bonds is 7. The number of carbonyl (C=O) groups is 1. The molecule has 1 aliphatic heterocycles. The van der Waals surface area contributed by atoms with Crippen molar-refractivity contribution in [3.8, 4) is 0 Å². The summed E-state index contributed by atoms with van der Waals surface area (Å²) in [6.45, 7) is 1.40. The number of para-hydroxylation sites is 1. The van der Waals surface area contributed by atoms with Gasteiger partial charge in [0, 0.05) is 49.6 Å². The zero-order valence-corrected chi connectivity index (χ0v) is 19.2. The van der Waals surface area contributed by atoms with E-state index in [-0.39, 0.29) is 10.8 Å². The topological polar surface area (TPSA) is 109 Å². The minimum atomic E-state index is -3.86. The number of nitrogens with zero attached hydrogens (tertiary/aromatic N) is 2. The molecule has 1 aliphatic rings. The van der Waals surface area contributed by atoms with E-state index in [0.717, 1.165) is 5.39 Å². The SMILES string of the molecule is COCCC1(O)CCN(C(=O)c2ccc(NS(=O)(=O)c3cccc4cccnc34)cc2)CC1. The van der Waals surface area contributed by atoms with Crippen LogP contribution in [0, 0.1) is 0 Å². The van der Waals surface area contributed by atoms with E-state index in [4.69, 9.17) is 4.74 Å². The number of ether oxygens (including phenoxy) is 1. The first-order chi connectivity index (χ1) is 15.8. The van der Waals surface area contributed by atoms with Crippen LogP contribution in [0.3, 0.4) is 0 Å². The summed E-state index contributed by atoms with van der Waals surface area (Å²) in [6.07, 6.45) is 3.10. The first-order valence-corrected chi connectivity index (χ1v) is 12.3. The summed E-state index contributed by atoms with van der Waals surface area (Å²) < 4.78 is 33.5. The Hall–Kier alpha value is -3.01. The van der Waals surface area contributed by atoms with Crippen molar-refractivity contribution in [1.82, 2.24) is 9.88 Å². The quantitative estimate of drug-likeness (QED) is 0.551. The summed E-state index contributed by atoms with van der Waals surface area (Å²) in [6, 6.07) is 14.9. The summed E-state index contributed by atoms with van der Waals surface area (Å²) in [5, 5.41) is 11.3. The monoisotopic (exact) mass is 469 g/mol. The van der Waals surface area contributed by atoms with Crippen molar-refractivity contribution < 1.29 is 23.1 Å². The summed E-state index contributed by atoms with van der Waals surface area (Å²) in [7, 11) is -2.26. The molecule has 0 spiro atoms. The van der Waals surface area contributed by atoms with Crippen LogP contribution in [0.4, 0.5) is 5.69 Å². The standard InChI is InChI=1S/C24H27N3O5S/c1-32-17-13-24(29)11-15-27(16-12-24)23(28)19-7-9-20(10-8-19)26-33(30,31)21-6-2-4-18-5-3-14-25-22(18)21/h2-10,14,26,29H,11-13,15-17H2,1H3. The number of carbonyl (C=O) groups excluding carboxylic acids is 1. The minimum Gasteiger partial charge on any atom is -0.390 e. The average molecular weight is 470 g/mol. The molecule has 174 valence electrons. The second kappa shape index (κ2) is 9.46. The van der Waals surface area contributed by atoms with E-state index >= 15 is 0 Å². The number of nitrogens with one attached hydrogen (secondary N) is 1. The number of pyridine rings is 1. The van der Waals surface area contributed by atoms with E-state index in [1.54, 1.807) is 66.7 Å². The molecular weight excluding hydrogens is 442 g/mol. The van der Waals surface area contributed by atoms with Crippen molar-refractivity contribution in [2.24, 2.45) is 0 Å². The minimum absolute atomic E-state index is 0.0926. The van der Waals surface area contributed by atoms with E-state index in [0.29, 0.717) is 55.7 Å². The molecular formula is C24H27N3O5S. The zero-order chi connectivity index (χ0) is 23.5. The molecule has 1 amide bonds. The molecule has 0 saturated carbocycles. The molecule has 0 unspecified atom stereocenters. The number of likely N-dealkylation sites (tertiary alicyclic amines) is 1. The van der Waals surface area contributed by atoms with E-state index < -0.39 is 15.6 Å². The highest BCUT2D eigenvalue weighted by Gasteiger charge is 2.33. The summed E-state index contributed by atoms with van der Waals surface area (Å²) in [5.74, 6) is -0.142. The van der Waals surface area contributed by atoms with E-state index in [1.807, 2.05) is 0 Å². The highest BCUT2D eigenvalue weighted by molar-refractivity contribution is 7.93. The van der Waals surface area contributed by atoms with Gasteiger partial charge in [-0.05, 0) is 55.7 Å². The number of aliphatic hydroxyl groups is 1. The van der Waals surface area contributed by atoms with E-state index in [1.165, 1.54) is 6.07 Å². The highest BCUT2D eigenvalue weighted by atomic mass is 32.2. The first kappa shape index (κ1) is 23.2. The molecule has 1 fully saturated rings. The number of anilines is 1. The summed E-state index contributed by atoms with van der Waals surface area (Å²) in [4.78, 5) is 18.9. The molecule has 2 heterocycles. The Bertz CT molecular complexity index is 1230. The smallest absolute Gasteiger partial charge is 0.264 e. The zero-order valence-electron chi connectivity index (χ0n) is 18.4. The summed E-state index contributed by atoms with van der Waals surface area (Å²) >= 11 is 0. The van der Waals surface area contributed by atoms with Crippen LogP contribution in [0.15, 0.2) is 65.7 Å². The molecule has 0 atom stereocenters. The van der Waals surface area contributed by atoms with Crippen molar-refractivity contribution >= 4 is 32.5 Å². The Labute approximate surface area is 193 Å². The lowest BCUT2D eigenvalue weighted by Gasteiger charge is -2.38. The van der Waals surface area contributed by atoms with Crippen molar-refractivity contribution in [2.75, 3.05) is 31.5 Å². The molecule has 0 radical (unpaired) electrons. The molecule has 8 nitrogen and oxygen atoms in total. The second-order valence-electron chi connectivity index (χ2n) is 8.27. The van der Waals surface area contributed by atoms with Gasteiger partial charge in [0.05, 0.1) is 11.1 Å². The van der Waals surface area contributed by atoms with Gasteiger partial charge in [0.25, 0.3) is 15.9 Å². The van der Waals surface area contributed by atoms with Gasteiger partial charge in [-0.15, -0.1) is 0 Å². The fraction of sp³-hybridized carbons (Fsp3) is 0.333.